The summed E-state index contributed by atoms with van der Waals surface area (Å²) in [5.74, 6) is 4.21. The molecule has 0 spiro atoms. The Morgan fingerprint density at radius 3 is 2.18 bits per heavy atom. The zero-order valence-corrected chi connectivity index (χ0v) is 29.8. The van der Waals surface area contributed by atoms with Crippen molar-refractivity contribution < 1.29 is 4.74 Å². The van der Waals surface area contributed by atoms with Gasteiger partial charge < -0.3 is 9.64 Å². The molecule has 0 atom stereocenters. The summed E-state index contributed by atoms with van der Waals surface area (Å²) in [7, 11) is 0. The van der Waals surface area contributed by atoms with E-state index in [1.54, 1.807) is 0 Å². The second-order valence-electron chi connectivity index (χ2n) is 15.2. The highest BCUT2D eigenvalue weighted by Gasteiger charge is 2.31. The zero-order chi connectivity index (χ0) is 34.8. The van der Waals surface area contributed by atoms with Crippen LogP contribution >= 0.6 is 0 Å². The topological polar surface area (TPSA) is 59.3 Å². The first-order valence-electron chi connectivity index (χ1n) is 17.2. The molecule has 5 heterocycles. The number of ether oxygens (including phenoxy) is 1. The third-order valence-corrected chi connectivity index (χ3v) is 9.62. The van der Waals surface area contributed by atoms with Gasteiger partial charge in [-0.2, -0.15) is 0 Å². The van der Waals surface area contributed by atoms with Gasteiger partial charge in [0.15, 0.2) is 5.82 Å². The van der Waals surface area contributed by atoms with Crippen molar-refractivity contribution in [2.45, 2.75) is 59.3 Å². The number of rotatable bonds is 5. The molecule has 7 heteroatoms. The van der Waals surface area contributed by atoms with Crippen LogP contribution < -0.4 is 14.5 Å². The molecule has 7 nitrogen and oxygen atoms in total. The standard InChI is InChI=1S/C43H42N6O/c1-28-22-30(43(5,6)7)26-46-40(28)48-27-47(37-16-11-20-45-41(37)48)31-12-10-13-32(24-31)50-33-17-18-35-34-14-8-9-15-36(34)49(38(35)25-33)39-23-29(19-21-44-39)42(2,3)4/h8-26H,27H2,1-7H3. The quantitative estimate of drug-likeness (QED) is 0.183. The van der Waals surface area contributed by atoms with Gasteiger partial charge in [-0.05, 0) is 89.0 Å². The number of aryl methyl sites for hydroxylation is 1. The number of benzene rings is 3. The van der Waals surface area contributed by atoms with E-state index in [1.807, 2.05) is 36.8 Å². The Balaban J connectivity index is 1.14. The van der Waals surface area contributed by atoms with Gasteiger partial charge in [0.25, 0.3) is 0 Å². The van der Waals surface area contributed by atoms with E-state index in [2.05, 4.69) is 142 Å². The van der Waals surface area contributed by atoms with Gasteiger partial charge in [-0.15, -0.1) is 0 Å². The number of anilines is 4. The fourth-order valence-corrected chi connectivity index (χ4v) is 6.86. The molecular weight excluding hydrogens is 617 g/mol. The Bertz CT molecular complexity index is 2400. The summed E-state index contributed by atoms with van der Waals surface area (Å²) >= 11 is 0. The van der Waals surface area contributed by atoms with Gasteiger partial charge in [-0.25, -0.2) is 15.0 Å². The highest BCUT2D eigenvalue weighted by atomic mass is 16.5. The third kappa shape index (κ3) is 5.53. The summed E-state index contributed by atoms with van der Waals surface area (Å²) in [4.78, 5) is 19.0. The molecule has 0 fully saturated rings. The fraction of sp³-hybridized carbons (Fsp3) is 0.233. The summed E-state index contributed by atoms with van der Waals surface area (Å²) in [6.45, 7) is 16.1. The molecule has 0 unspecified atom stereocenters. The van der Waals surface area contributed by atoms with Gasteiger partial charge in [-0.3, -0.25) is 9.47 Å². The summed E-state index contributed by atoms with van der Waals surface area (Å²) < 4.78 is 8.86. The molecule has 0 N–H and O–H groups in total. The van der Waals surface area contributed by atoms with Crippen LogP contribution in [0.2, 0.25) is 0 Å². The van der Waals surface area contributed by atoms with Gasteiger partial charge in [-0.1, -0.05) is 71.9 Å². The zero-order valence-electron chi connectivity index (χ0n) is 29.8. The minimum Gasteiger partial charge on any atom is -0.457 e. The lowest BCUT2D eigenvalue weighted by molar-refractivity contribution is 0.483. The minimum atomic E-state index is 0.00487. The molecule has 0 saturated heterocycles. The van der Waals surface area contributed by atoms with Crippen molar-refractivity contribution in [2.75, 3.05) is 16.5 Å². The highest BCUT2D eigenvalue weighted by molar-refractivity contribution is 6.09. The van der Waals surface area contributed by atoms with Gasteiger partial charge in [0.1, 0.15) is 29.8 Å². The number of hydrogen-bond acceptors (Lipinski definition) is 6. The smallest absolute Gasteiger partial charge is 0.159 e. The lowest BCUT2D eigenvalue weighted by Crippen LogP contribution is -2.26. The van der Waals surface area contributed by atoms with Crippen LogP contribution in [0.4, 0.5) is 23.0 Å². The molecule has 0 bridgehead atoms. The molecule has 3 aromatic carbocycles. The Morgan fingerprint density at radius 1 is 0.600 bits per heavy atom. The van der Waals surface area contributed by atoms with Crippen molar-refractivity contribution in [3.8, 4) is 17.3 Å². The molecule has 250 valence electrons. The molecule has 4 aromatic heterocycles. The number of nitrogens with zero attached hydrogens (tertiary/aromatic N) is 6. The van der Waals surface area contributed by atoms with E-state index in [4.69, 9.17) is 19.7 Å². The van der Waals surface area contributed by atoms with E-state index in [0.29, 0.717) is 6.67 Å². The maximum atomic E-state index is 6.61. The second kappa shape index (κ2) is 11.7. The van der Waals surface area contributed by atoms with E-state index in [1.165, 1.54) is 16.5 Å². The second-order valence-corrected chi connectivity index (χ2v) is 15.2. The first-order chi connectivity index (χ1) is 24.0. The maximum absolute atomic E-state index is 6.61. The van der Waals surface area contributed by atoms with Crippen LogP contribution in [0.1, 0.15) is 58.2 Å². The monoisotopic (exact) mass is 658 g/mol. The third-order valence-electron chi connectivity index (χ3n) is 9.62. The van der Waals surface area contributed by atoms with Crippen molar-refractivity contribution in [3.05, 3.63) is 132 Å². The van der Waals surface area contributed by atoms with E-state index in [9.17, 15) is 0 Å². The highest BCUT2D eigenvalue weighted by Crippen LogP contribution is 2.44. The minimum absolute atomic E-state index is 0.00487. The van der Waals surface area contributed by atoms with Crippen LogP contribution in [-0.2, 0) is 10.8 Å². The van der Waals surface area contributed by atoms with Crippen LogP contribution in [0, 0.1) is 6.92 Å². The SMILES string of the molecule is Cc1cc(C(C)(C)C)cnc1N1CN(c2cccc(Oc3ccc4c5ccccc5n(-c5cc(C(C)(C)C)ccn5)c4c3)c2)c2cccnc21. The van der Waals surface area contributed by atoms with E-state index in [0.717, 1.165) is 62.3 Å². The van der Waals surface area contributed by atoms with Crippen molar-refractivity contribution in [1.29, 1.82) is 0 Å². The molecule has 0 radical (unpaired) electrons. The van der Waals surface area contributed by atoms with Crippen molar-refractivity contribution in [1.82, 2.24) is 19.5 Å². The summed E-state index contributed by atoms with van der Waals surface area (Å²) in [5.41, 5.74) is 7.82. The lowest BCUT2D eigenvalue weighted by Gasteiger charge is -2.24. The predicted octanol–water partition coefficient (Wildman–Crippen LogP) is 10.9. The molecule has 1 aliphatic heterocycles. The largest absolute Gasteiger partial charge is 0.457 e. The van der Waals surface area contributed by atoms with E-state index >= 15 is 0 Å². The number of hydrogen-bond donors (Lipinski definition) is 0. The number of fused-ring (bicyclic) bond motifs is 4. The van der Waals surface area contributed by atoms with E-state index < -0.39 is 0 Å². The first kappa shape index (κ1) is 31.6. The summed E-state index contributed by atoms with van der Waals surface area (Å²) in [5, 5.41) is 2.34. The number of para-hydroxylation sites is 1. The normalized spacial score (nSPS) is 13.3. The Labute approximate surface area is 293 Å². The van der Waals surface area contributed by atoms with Crippen LogP contribution in [0.25, 0.3) is 27.6 Å². The van der Waals surface area contributed by atoms with Crippen LogP contribution in [-0.4, -0.2) is 26.2 Å². The molecule has 8 rings (SSSR count). The van der Waals surface area contributed by atoms with Gasteiger partial charge in [0.05, 0.1) is 16.7 Å². The molecular formula is C43H42N6O. The lowest BCUT2D eigenvalue weighted by atomic mass is 9.87. The molecule has 1 aliphatic rings. The molecule has 50 heavy (non-hydrogen) atoms. The van der Waals surface area contributed by atoms with Crippen LogP contribution in [0.15, 0.2) is 116 Å². The summed E-state index contributed by atoms with van der Waals surface area (Å²) in [6.07, 6.45) is 5.75. The molecule has 0 amide bonds. The molecule has 0 aliphatic carbocycles. The van der Waals surface area contributed by atoms with Crippen LogP contribution in [0.5, 0.6) is 11.5 Å². The molecule has 0 saturated carbocycles. The van der Waals surface area contributed by atoms with Gasteiger partial charge in [0.2, 0.25) is 0 Å². The van der Waals surface area contributed by atoms with Crippen LogP contribution in [0.3, 0.4) is 0 Å². The Kier molecular flexibility index (Phi) is 7.40. The van der Waals surface area contributed by atoms with Crippen molar-refractivity contribution in [3.63, 3.8) is 0 Å². The number of pyridine rings is 3. The average molecular weight is 659 g/mol. The number of aromatic nitrogens is 4. The van der Waals surface area contributed by atoms with E-state index in [-0.39, 0.29) is 10.8 Å². The Morgan fingerprint density at radius 2 is 1.38 bits per heavy atom. The van der Waals surface area contributed by atoms with Gasteiger partial charge in [0, 0.05) is 47.2 Å². The summed E-state index contributed by atoms with van der Waals surface area (Å²) in [6, 6.07) is 33.7. The average Bonchev–Trinajstić information content (AvgIpc) is 3.64. The predicted molar refractivity (Wildman–Crippen MR) is 205 cm³/mol. The van der Waals surface area contributed by atoms with Gasteiger partial charge >= 0.3 is 0 Å². The van der Waals surface area contributed by atoms with Crippen molar-refractivity contribution >= 4 is 44.8 Å². The fourth-order valence-electron chi connectivity index (χ4n) is 6.86. The molecule has 7 aromatic rings. The Hall–Kier alpha value is -5.69. The first-order valence-corrected chi connectivity index (χ1v) is 17.2. The van der Waals surface area contributed by atoms with Crippen molar-refractivity contribution in [2.24, 2.45) is 0 Å². The maximum Gasteiger partial charge on any atom is 0.159 e.